The highest BCUT2D eigenvalue weighted by molar-refractivity contribution is 7.94. The van der Waals surface area contributed by atoms with Crippen LogP contribution in [-0.4, -0.2) is 52.6 Å². The molecule has 0 aliphatic carbocycles. The van der Waals surface area contributed by atoms with E-state index >= 15 is 0 Å². The molecule has 110 valence electrons. The fourth-order valence-corrected chi connectivity index (χ4v) is 4.06. The number of para-hydroxylation sites is 2. The summed E-state index contributed by atoms with van der Waals surface area (Å²) in [6, 6.07) is 7.34. The molecule has 20 heavy (non-hydrogen) atoms. The Balaban J connectivity index is 1.61. The van der Waals surface area contributed by atoms with Gasteiger partial charge in [-0.1, -0.05) is 12.1 Å². The molecule has 2 heterocycles. The van der Waals surface area contributed by atoms with E-state index < -0.39 is 10.2 Å². The Morgan fingerprint density at radius 3 is 2.65 bits per heavy atom. The molecule has 0 atom stereocenters. The number of anilines is 2. The second-order valence-corrected chi connectivity index (χ2v) is 6.74. The molecule has 0 amide bonds. The molecule has 0 bridgehead atoms. The summed E-state index contributed by atoms with van der Waals surface area (Å²) in [5, 5.41) is 3.31. The first-order valence-electron chi connectivity index (χ1n) is 6.99. The van der Waals surface area contributed by atoms with E-state index in [1.54, 1.807) is 6.07 Å². The summed E-state index contributed by atoms with van der Waals surface area (Å²) in [5.41, 5.74) is 1.43. The zero-order valence-corrected chi connectivity index (χ0v) is 12.2. The minimum absolute atomic E-state index is 0.524. The third-order valence-corrected chi connectivity index (χ3v) is 5.18. The van der Waals surface area contributed by atoms with Crippen LogP contribution in [0.2, 0.25) is 0 Å². The second kappa shape index (κ2) is 5.59. The van der Waals surface area contributed by atoms with E-state index in [1.807, 2.05) is 18.2 Å². The van der Waals surface area contributed by atoms with Crippen molar-refractivity contribution in [3.8, 4) is 0 Å². The average Bonchev–Trinajstić information content (AvgIpc) is 2.71. The quantitative estimate of drug-likeness (QED) is 0.847. The fourth-order valence-electron chi connectivity index (χ4n) is 2.71. The van der Waals surface area contributed by atoms with Crippen molar-refractivity contribution in [2.24, 2.45) is 0 Å². The molecule has 2 aliphatic rings. The van der Waals surface area contributed by atoms with E-state index in [1.165, 1.54) is 4.31 Å². The third-order valence-electron chi connectivity index (χ3n) is 3.75. The molecule has 0 spiro atoms. The number of hydrogen-bond acceptors (Lipinski definition) is 4. The lowest BCUT2D eigenvalue weighted by Gasteiger charge is -2.27. The molecule has 3 rings (SSSR count). The van der Waals surface area contributed by atoms with Gasteiger partial charge in [0.25, 0.3) is 0 Å². The van der Waals surface area contributed by atoms with E-state index in [9.17, 15) is 8.42 Å². The van der Waals surface area contributed by atoms with Gasteiger partial charge in [-0.2, -0.15) is 8.42 Å². The molecular weight excluding hydrogens is 276 g/mol. The predicted octanol–water partition coefficient (Wildman–Crippen LogP) is 0.459. The van der Waals surface area contributed by atoms with Gasteiger partial charge in [-0.15, -0.1) is 0 Å². The van der Waals surface area contributed by atoms with Crippen molar-refractivity contribution in [2.75, 3.05) is 48.3 Å². The first-order chi connectivity index (χ1) is 9.67. The number of hydrogen-bond donors (Lipinski definition) is 2. The van der Waals surface area contributed by atoms with Crippen LogP contribution in [0.3, 0.4) is 0 Å². The van der Waals surface area contributed by atoms with Gasteiger partial charge in [0.15, 0.2) is 0 Å². The van der Waals surface area contributed by atoms with Gasteiger partial charge in [0.1, 0.15) is 0 Å². The summed E-state index contributed by atoms with van der Waals surface area (Å²) >= 11 is 0. The summed E-state index contributed by atoms with van der Waals surface area (Å²) in [7, 11) is -3.40. The summed E-state index contributed by atoms with van der Waals surface area (Å²) in [4.78, 5) is 2.37. The highest BCUT2D eigenvalue weighted by Crippen LogP contribution is 2.35. The number of rotatable bonds is 4. The Hall–Kier alpha value is -1.31. The molecule has 2 N–H and O–H groups in total. The normalized spacial score (nSPS) is 21.5. The fraction of sp³-hybridized carbons (Fsp3) is 0.538. The molecule has 2 aliphatic heterocycles. The SMILES string of the molecule is O=S1(=O)Nc2ccccc2N1CCCN1CCNCC1. The molecule has 1 fully saturated rings. The summed E-state index contributed by atoms with van der Waals surface area (Å²) in [6.07, 6.45) is 0.843. The van der Waals surface area contributed by atoms with Crippen LogP contribution in [0.15, 0.2) is 24.3 Å². The van der Waals surface area contributed by atoms with Crippen LogP contribution in [0.25, 0.3) is 0 Å². The maximum Gasteiger partial charge on any atom is 0.324 e. The van der Waals surface area contributed by atoms with Crippen molar-refractivity contribution in [2.45, 2.75) is 6.42 Å². The first kappa shape index (κ1) is 13.7. The van der Waals surface area contributed by atoms with Crippen molar-refractivity contribution < 1.29 is 8.42 Å². The molecular formula is C13H20N4O2S. The molecule has 0 saturated carbocycles. The highest BCUT2D eigenvalue weighted by Gasteiger charge is 2.31. The first-order valence-corrected chi connectivity index (χ1v) is 8.43. The van der Waals surface area contributed by atoms with Crippen molar-refractivity contribution in [1.29, 1.82) is 0 Å². The highest BCUT2D eigenvalue weighted by atomic mass is 32.2. The van der Waals surface area contributed by atoms with Gasteiger partial charge >= 0.3 is 10.2 Å². The maximum atomic E-state index is 12.1. The number of benzene rings is 1. The Labute approximate surface area is 119 Å². The van der Waals surface area contributed by atoms with Gasteiger partial charge in [0, 0.05) is 32.7 Å². The molecule has 0 unspecified atom stereocenters. The number of nitrogens with one attached hydrogen (secondary N) is 2. The molecule has 6 nitrogen and oxygen atoms in total. The summed E-state index contributed by atoms with van der Waals surface area (Å²) < 4.78 is 28.2. The topological polar surface area (TPSA) is 64.7 Å². The van der Waals surface area contributed by atoms with Crippen LogP contribution < -0.4 is 14.3 Å². The van der Waals surface area contributed by atoms with Crippen LogP contribution in [0.1, 0.15) is 6.42 Å². The molecule has 0 radical (unpaired) electrons. The largest absolute Gasteiger partial charge is 0.324 e. The van der Waals surface area contributed by atoms with Gasteiger partial charge in [0.05, 0.1) is 11.4 Å². The Morgan fingerprint density at radius 1 is 1.10 bits per heavy atom. The maximum absolute atomic E-state index is 12.1. The lowest BCUT2D eigenvalue weighted by Crippen LogP contribution is -2.44. The van der Waals surface area contributed by atoms with E-state index in [4.69, 9.17) is 0 Å². The monoisotopic (exact) mass is 296 g/mol. The summed E-state index contributed by atoms with van der Waals surface area (Å²) in [6.45, 7) is 5.59. The molecule has 1 aromatic carbocycles. The third kappa shape index (κ3) is 2.74. The number of nitrogens with zero attached hydrogens (tertiary/aromatic N) is 2. The van der Waals surface area contributed by atoms with E-state index in [-0.39, 0.29) is 0 Å². The average molecular weight is 296 g/mol. The molecule has 1 saturated heterocycles. The Kier molecular flexibility index (Phi) is 3.82. The van der Waals surface area contributed by atoms with Crippen LogP contribution in [-0.2, 0) is 10.2 Å². The number of piperazine rings is 1. The Bertz CT molecular complexity index is 569. The molecule has 7 heteroatoms. The van der Waals surface area contributed by atoms with Gasteiger partial charge in [-0.05, 0) is 25.1 Å². The Morgan fingerprint density at radius 2 is 1.85 bits per heavy atom. The van der Waals surface area contributed by atoms with Crippen LogP contribution in [0, 0.1) is 0 Å². The minimum Gasteiger partial charge on any atom is -0.314 e. The van der Waals surface area contributed by atoms with E-state index in [0.29, 0.717) is 12.2 Å². The zero-order chi connectivity index (χ0) is 14.0. The zero-order valence-electron chi connectivity index (χ0n) is 11.4. The van der Waals surface area contributed by atoms with Gasteiger partial charge in [0.2, 0.25) is 0 Å². The molecule has 1 aromatic rings. The van der Waals surface area contributed by atoms with Gasteiger partial charge in [-0.3, -0.25) is 9.03 Å². The van der Waals surface area contributed by atoms with E-state index in [2.05, 4.69) is 14.9 Å². The molecule has 0 aromatic heterocycles. The van der Waals surface area contributed by atoms with Crippen LogP contribution in [0.5, 0.6) is 0 Å². The van der Waals surface area contributed by atoms with Crippen molar-refractivity contribution in [1.82, 2.24) is 10.2 Å². The number of fused-ring (bicyclic) bond motifs is 1. The van der Waals surface area contributed by atoms with Crippen LogP contribution in [0.4, 0.5) is 11.4 Å². The lowest BCUT2D eigenvalue weighted by molar-refractivity contribution is 0.240. The standard InChI is InChI=1S/C13H20N4O2S/c18-20(19)15-12-4-1-2-5-13(12)17(20)9-3-8-16-10-6-14-7-11-16/h1-2,4-5,14-15H,3,6-11H2. The van der Waals surface area contributed by atoms with E-state index in [0.717, 1.165) is 44.8 Å². The smallest absolute Gasteiger partial charge is 0.314 e. The van der Waals surface area contributed by atoms with Crippen molar-refractivity contribution >= 4 is 21.6 Å². The van der Waals surface area contributed by atoms with Gasteiger partial charge < -0.3 is 10.2 Å². The minimum atomic E-state index is -3.40. The lowest BCUT2D eigenvalue weighted by atomic mass is 10.2. The summed E-state index contributed by atoms with van der Waals surface area (Å²) in [5.74, 6) is 0. The van der Waals surface area contributed by atoms with Gasteiger partial charge in [-0.25, -0.2) is 0 Å². The van der Waals surface area contributed by atoms with Crippen LogP contribution >= 0.6 is 0 Å². The predicted molar refractivity (Wildman–Crippen MR) is 80.3 cm³/mol. The van der Waals surface area contributed by atoms with Crippen molar-refractivity contribution in [3.05, 3.63) is 24.3 Å². The second-order valence-electron chi connectivity index (χ2n) is 5.14. The van der Waals surface area contributed by atoms with Crippen molar-refractivity contribution in [3.63, 3.8) is 0 Å².